The molecule has 1 aromatic heterocycles. The van der Waals surface area contributed by atoms with Gasteiger partial charge >= 0.3 is 0 Å². The highest BCUT2D eigenvalue weighted by Crippen LogP contribution is 2.32. The van der Waals surface area contributed by atoms with Crippen molar-refractivity contribution in [1.29, 1.82) is 0 Å². The fourth-order valence-electron chi connectivity index (χ4n) is 3.68. The quantitative estimate of drug-likeness (QED) is 0.841. The van der Waals surface area contributed by atoms with Crippen molar-refractivity contribution >= 4 is 16.8 Å². The number of carbonyl (C=O) groups excluding carboxylic acids is 1. The Hall–Kier alpha value is -1.98. The molecule has 4 rings (SSSR count). The minimum atomic E-state index is -0.458. The first-order chi connectivity index (χ1) is 12.1. The lowest BCUT2D eigenvalue weighted by molar-refractivity contribution is -0.181. The van der Waals surface area contributed by atoms with Gasteiger partial charge in [-0.05, 0) is 18.1 Å². The Labute approximate surface area is 147 Å². The molecule has 0 unspecified atom stereocenters. The second-order valence-corrected chi connectivity index (χ2v) is 7.17. The zero-order valence-electron chi connectivity index (χ0n) is 14.8. The lowest BCUT2D eigenvalue weighted by atomic mass is 9.99. The molecule has 0 saturated carbocycles. The molecule has 25 heavy (non-hydrogen) atoms. The topological polar surface area (TPSA) is 51.7 Å². The van der Waals surface area contributed by atoms with Gasteiger partial charge in [0.05, 0.1) is 24.3 Å². The van der Waals surface area contributed by atoms with Crippen molar-refractivity contribution < 1.29 is 14.3 Å². The second-order valence-electron chi connectivity index (χ2n) is 7.17. The first-order valence-electron chi connectivity index (χ1n) is 9.05. The first-order valence-corrected chi connectivity index (χ1v) is 9.05. The highest BCUT2D eigenvalue weighted by Gasteiger charge is 2.41. The van der Waals surface area contributed by atoms with Crippen molar-refractivity contribution in [3.05, 3.63) is 41.6 Å². The fraction of sp³-hybridized carbons (Fsp3) is 0.500. The Morgan fingerprint density at radius 3 is 2.52 bits per heavy atom. The van der Waals surface area contributed by atoms with Gasteiger partial charge in [-0.1, -0.05) is 32.0 Å². The Morgan fingerprint density at radius 1 is 1.16 bits per heavy atom. The summed E-state index contributed by atoms with van der Waals surface area (Å²) in [5, 5.41) is 0.922. The first kappa shape index (κ1) is 16.5. The molecule has 2 saturated heterocycles. The van der Waals surface area contributed by atoms with Gasteiger partial charge in [-0.2, -0.15) is 0 Å². The van der Waals surface area contributed by atoms with Crippen LogP contribution in [-0.4, -0.2) is 47.9 Å². The number of fused-ring (bicyclic) bond motifs is 1. The summed E-state index contributed by atoms with van der Waals surface area (Å²) < 4.78 is 11.5. The van der Waals surface area contributed by atoms with E-state index in [9.17, 15) is 4.79 Å². The number of amides is 1. The Balaban J connectivity index is 1.63. The number of hydrogen-bond donors (Lipinski definition) is 0. The van der Waals surface area contributed by atoms with Gasteiger partial charge in [0, 0.05) is 37.0 Å². The average Bonchev–Trinajstić information content (AvgIpc) is 3.09. The second kappa shape index (κ2) is 6.39. The van der Waals surface area contributed by atoms with E-state index in [1.807, 2.05) is 35.2 Å². The predicted molar refractivity (Wildman–Crippen MR) is 95.6 cm³/mol. The third kappa shape index (κ3) is 3.02. The molecule has 2 aliphatic rings. The summed E-state index contributed by atoms with van der Waals surface area (Å²) in [6.45, 7) is 6.83. The number of benzene rings is 1. The molecule has 5 heteroatoms. The van der Waals surface area contributed by atoms with Crippen LogP contribution in [0.1, 0.15) is 48.7 Å². The van der Waals surface area contributed by atoms with E-state index in [1.54, 1.807) is 0 Å². The number of piperidine rings is 1. The molecule has 0 aliphatic carbocycles. The summed E-state index contributed by atoms with van der Waals surface area (Å²) >= 11 is 0. The molecule has 2 aromatic rings. The zero-order valence-corrected chi connectivity index (χ0v) is 14.8. The van der Waals surface area contributed by atoms with E-state index < -0.39 is 5.79 Å². The molecule has 1 spiro atoms. The summed E-state index contributed by atoms with van der Waals surface area (Å²) in [6, 6.07) is 9.84. The van der Waals surface area contributed by atoms with Crippen molar-refractivity contribution in [1.82, 2.24) is 9.88 Å². The van der Waals surface area contributed by atoms with Crippen molar-refractivity contribution in [2.75, 3.05) is 26.3 Å². The van der Waals surface area contributed by atoms with Gasteiger partial charge in [0.1, 0.15) is 0 Å². The maximum Gasteiger partial charge on any atom is 0.254 e. The molecule has 5 nitrogen and oxygen atoms in total. The van der Waals surface area contributed by atoms with Crippen LogP contribution in [0.2, 0.25) is 0 Å². The molecule has 0 radical (unpaired) electrons. The molecule has 132 valence electrons. The summed E-state index contributed by atoms with van der Waals surface area (Å²) in [5.74, 6) is -0.102. The molecule has 0 atom stereocenters. The molecule has 1 amide bonds. The normalized spacial score (nSPS) is 19.9. The average molecular weight is 340 g/mol. The third-order valence-electron chi connectivity index (χ3n) is 5.18. The van der Waals surface area contributed by atoms with Crippen LogP contribution in [0, 0.1) is 0 Å². The summed E-state index contributed by atoms with van der Waals surface area (Å²) in [6.07, 6.45) is 1.47. The molecule has 1 aromatic carbocycles. The van der Waals surface area contributed by atoms with Crippen LogP contribution in [0.3, 0.4) is 0 Å². The molecule has 0 N–H and O–H groups in total. The Kier molecular flexibility index (Phi) is 4.21. The number of aromatic nitrogens is 1. The number of para-hydroxylation sites is 1. The Bertz CT molecular complexity index is 787. The van der Waals surface area contributed by atoms with Gasteiger partial charge in [-0.15, -0.1) is 0 Å². The van der Waals surface area contributed by atoms with Gasteiger partial charge in [0.2, 0.25) is 0 Å². The van der Waals surface area contributed by atoms with Crippen LogP contribution in [0.25, 0.3) is 10.9 Å². The van der Waals surface area contributed by atoms with Crippen molar-refractivity contribution in [2.45, 2.75) is 38.4 Å². The maximum atomic E-state index is 13.2. The lowest BCUT2D eigenvalue weighted by Gasteiger charge is -2.37. The molecule has 2 aliphatic heterocycles. The minimum Gasteiger partial charge on any atom is -0.347 e. The van der Waals surface area contributed by atoms with Crippen molar-refractivity contribution in [2.24, 2.45) is 0 Å². The zero-order chi connectivity index (χ0) is 17.4. The van der Waals surface area contributed by atoms with Gasteiger partial charge in [-0.3, -0.25) is 9.78 Å². The van der Waals surface area contributed by atoms with Crippen LogP contribution in [-0.2, 0) is 9.47 Å². The Morgan fingerprint density at radius 2 is 1.84 bits per heavy atom. The largest absolute Gasteiger partial charge is 0.347 e. The van der Waals surface area contributed by atoms with Crippen LogP contribution in [0.4, 0.5) is 0 Å². The minimum absolute atomic E-state index is 0.0772. The van der Waals surface area contributed by atoms with Crippen molar-refractivity contribution in [3.8, 4) is 0 Å². The standard InChI is InChI=1S/C20H24N2O3/c1-14(2)18-13-16(15-5-3-4-6-17(15)21-18)19(23)22-9-7-20(8-10-22)24-11-12-25-20/h3-6,13-14H,7-12H2,1-2H3. The highest BCUT2D eigenvalue weighted by atomic mass is 16.7. The maximum absolute atomic E-state index is 13.2. The van der Waals surface area contributed by atoms with Crippen LogP contribution < -0.4 is 0 Å². The summed E-state index contributed by atoms with van der Waals surface area (Å²) in [4.78, 5) is 19.8. The number of nitrogens with zero attached hydrogens (tertiary/aromatic N) is 2. The summed E-state index contributed by atoms with van der Waals surface area (Å²) in [7, 11) is 0. The number of ether oxygens (including phenoxy) is 2. The van der Waals surface area contributed by atoms with E-state index >= 15 is 0 Å². The highest BCUT2D eigenvalue weighted by molar-refractivity contribution is 6.06. The number of carbonyl (C=O) groups is 1. The molecule has 2 fully saturated rings. The van der Waals surface area contributed by atoms with E-state index in [1.165, 1.54) is 0 Å². The van der Waals surface area contributed by atoms with Crippen molar-refractivity contribution in [3.63, 3.8) is 0 Å². The van der Waals surface area contributed by atoms with E-state index in [0.717, 1.165) is 35.0 Å². The molecular weight excluding hydrogens is 316 g/mol. The van der Waals surface area contributed by atoms with Gasteiger partial charge < -0.3 is 14.4 Å². The van der Waals surface area contributed by atoms with E-state index in [0.29, 0.717) is 26.3 Å². The third-order valence-corrected chi connectivity index (χ3v) is 5.18. The molecule has 0 bridgehead atoms. The molecule has 3 heterocycles. The van der Waals surface area contributed by atoms with Crippen LogP contribution >= 0.6 is 0 Å². The number of pyridine rings is 1. The number of likely N-dealkylation sites (tertiary alicyclic amines) is 1. The lowest BCUT2D eigenvalue weighted by Crippen LogP contribution is -2.47. The summed E-state index contributed by atoms with van der Waals surface area (Å²) in [5.41, 5.74) is 2.59. The fourth-order valence-corrected chi connectivity index (χ4v) is 3.68. The van der Waals surface area contributed by atoms with Crippen LogP contribution in [0.15, 0.2) is 30.3 Å². The van der Waals surface area contributed by atoms with Gasteiger partial charge in [0.15, 0.2) is 5.79 Å². The number of hydrogen-bond acceptors (Lipinski definition) is 4. The van der Waals surface area contributed by atoms with Crippen LogP contribution in [0.5, 0.6) is 0 Å². The monoisotopic (exact) mass is 340 g/mol. The predicted octanol–water partition coefficient (Wildman–Crippen LogP) is 3.34. The van der Waals surface area contributed by atoms with Gasteiger partial charge in [0.25, 0.3) is 5.91 Å². The van der Waals surface area contributed by atoms with E-state index in [-0.39, 0.29) is 11.8 Å². The molecular formula is C20H24N2O3. The van der Waals surface area contributed by atoms with E-state index in [2.05, 4.69) is 13.8 Å². The smallest absolute Gasteiger partial charge is 0.254 e. The SMILES string of the molecule is CC(C)c1cc(C(=O)N2CCC3(CC2)OCCO3)c2ccccc2n1. The number of rotatable bonds is 2. The van der Waals surface area contributed by atoms with Gasteiger partial charge in [-0.25, -0.2) is 0 Å². The van der Waals surface area contributed by atoms with E-state index in [4.69, 9.17) is 14.5 Å².